The highest BCUT2D eigenvalue weighted by atomic mass is 16.5. The molecule has 0 aromatic carbocycles. The molecule has 0 fully saturated rings. The van der Waals surface area contributed by atoms with Gasteiger partial charge in [0, 0.05) is 26.7 Å². The molecule has 94 valence electrons. The molecule has 0 saturated heterocycles. The first kappa shape index (κ1) is 15.4. The Balaban J connectivity index is 3.83. The molecular weight excluding hydrogens is 204 g/mol. The van der Waals surface area contributed by atoms with Gasteiger partial charge in [-0.05, 0) is 26.8 Å². The van der Waals surface area contributed by atoms with Gasteiger partial charge in [-0.25, -0.2) is 0 Å². The van der Waals surface area contributed by atoms with Gasteiger partial charge in [-0.1, -0.05) is 6.92 Å². The molecule has 0 bridgehead atoms. The van der Waals surface area contributed by atoms with Crippen LogP contribution in [0, 0.1) is 11.3 Å². The predicted molar refractivity (Wildman–Crippen MR) is 64.2 cm³/mol. The molecule has 0 aromatic heterocycles. The van der Waals surface area contributed by atoms with Crippen molar-refractivity contribution in [3.8, 4) is 6.07 Å². The topological polar surface area (TPSA) is 54.3 Å². The normalized spacial score (nSPS) is 16.4. The fourth-order valence-corrected chi connectivity index (χ4v) is 1.67. The number of nitriles is 1. The molecule has 0 aliphatic carbocycles. The maximum Gasteiger partial charge on any atom is 0.106 e. The lowest BCUT2D eigenvalue weighted by Crippen LogP contribution is -2.43. The highest BCUT2D eigenvalue weighted by molar-refractivity contribution is 5.04. The van der Waals surface area contributed by atoms with Crippen LogP contribution >= 0.6 is 0 Å². The molecule has 1 N–H and O–H groups in total. The molecule has 4 heteroatoms. The number of hydrogen-bond donors (Lipinski definition) is 1. The molecule has 2 atom stereocenters. The molecule has 0 aromatic rings. The summed E-state index contributed by atoms with van der Waals surface area (Å²) in [5.41, 5.74) is -0.491. The Morgan fingerprint density at radius 3 is 2.62 bits per heavy atom. The van der Waals surface area contributed by atoms with Gasteiger partial charge in [-0.3, -0.25) is 5.32 Å². The average Bonchev–Trinajstić information content (AvgIpc) is 2.25. The zero-order valence-corrected chi connectivity index (χ0v) is 10.9. The third-order valence-corrected chi connectivity index (χ3v) is 2.40. The third-order valence-electron chi connectivity index (χ3n) is 2.40. The summed E-state index contributed by atoms with van der Waals surface area (Å²) in [6.07, 6.45) is 1.68. The minimum atomic E-state index is -0.491. The zero-order valence-electron chi connectivity index (χ0n) is 10.9. The molecule has 0 amide bonds. The van der Waals surface area contributed by atoms with Crippen molar-refractivity contribution in [2.45, 2.75) is 45.3 Å². The molecule has 0 radical (unpaired) electrons. The molecule has 0 heterocycles. The summed E-state index contributed by atoms with van der Waals surface area (Å²) >= 11 is 0. The third kappa shape index (κ3) is 6.78. The molecule has 16 heavy (non-hydrogen) atoms. The number of hydrogen-bond acceptors (Lipinski definition) is 4. The first-order valence-electron chi connectivity index (χ1n) is 5.84. The fourth-order valence-electron chi connectivity index (χ4n) is 1.67. The predicted octanol–water partition coefficient (Wildman–Crippen LogP) is 1.71. The Bertz CT molecular complexity index is 216. The van der Waals surface area contributed by atoms with Crippen LogP contribution in [0.4, 0.5) is 0 Å². The van der Waals surface area contributed by atoms with Gasteiger partial charge in [0.1, 0.15) is 5.54 Å². The Morgan fingerprint density at radius 1 is 1.44 bits per heavy atom. The summed E-state index contributed by atoms with van der Waals surface area (Å²) < 4.78 is 10.6. The monoisotopic (exact) mass is 228 g/mol. The molecule has 0 rings (SSSR count). The number of nitrogens with one attached hydrogen (secondary N) is 1. The van der Waals surface area contributed by atoms with E-state index in [0.717, 1.165) is 19.6 Å². The minimum absolute atomic E-state index is 0.0838. The van der Waals surface area contributed by atoms with Crippen molar-refractivity contribution in [3.63, 3.8) is 0 Å². The van der Waals surface area contributed by atoms with Gasteiger partial charge in [0.15, 0.2) is 0 Å². The van der Waals surface area contributed by atoms with E-state index >= 15 is 0 Å². The lowest BCUT2D eigenvalue weighted by atomic mass is 9.96. The van der Waals surface area contributed by atoms with Gasteiger partial charge < -0.3 is 9.47 Å². The van der Waals surface area contributed by atoms with Gasteiger partial charge >= 0.3 is 0 Å². The molecule has 0 saturated carbocycles. The zero-order chi connectivity index (χ0) is 12.4. The summed E-state index contributed by atoms with van der Waals surface area (Å²) in [6, 6.07) is 2.30. The number of ether oxygens (including phenoxy) is 2. The van der Waals surface area contributed by atoms with E-state index in [1.165, 1.54) is 0 Å². The van der Waals surface area contributed by atoms with Gasteiger partial charge in [-0.2, -0.15) is 5.26 Å². The van der Waals surface area contributed by atoms with E-state index in [1.54, 1.807) is 7.11 Å². The van der Waals surface area contributed by atoms with Crippen molar-refractivity contribution < 1.29 is 9.47 Å². The first-order chi connectivity index (χ1) is 7.58. The summed E-state index contributed by atoms with van der Waals surface area (Å²) in [5, 5.41) is 12.3. The van der Waals surface area contributed by atoms with Crippen LogP contribution in [0.15, 0.2) is 0 Å². The van der Waals surface area contributed by atoms with E-state index < -0.39 is 5.54 Å². The highest BCUT2D eigenvalue weighted by Gasteiger charge is 2.25. The van der Waals surface area contributed by atoms with Crippen LogP contribution in [0.1, 0.15) is 33.6 Å². The van der Waals surface area contributed by atoms with Crippen molar-refractivity contribution in [1.29, 1.82) is 5.26 Å². The second kappa shape index (κ2) is 8.51. The van der Waals surface area contributed by atoms with Crippen LogP contribution in [0.3, 0.4) is 0 Å². The van der Waals surface area contributed by atoms with Gasteiger partial charge in [0.2, 0.25) is 0 Å². The van der Waals surface area contributed by atoms with Gasteiger partial charge in [0.05, 0.1) is 12.2 Å². The van der Waals surface area contributed by atoms with Crippen molar-refractivity contribution in [1.82, 2.24) is 5.32 Å². The van der Waals surface area contributed by atoms with Crippen LogP contribution in [-0.4, -0.2) is 38.5 Å². The molecule has 0 aliphatic rings. The summed E-state index contributed by atoms with van der Waals surface area (Å²) in [7, 11) is 1.68. The SMILES string of the molecule is CCNC(C)(C#N)CC(C)OCCCOC. The molecule has 0 spiro atoms. The van der Waals surface area contributed by atoms with Crippen LogP contribution in [0.2, 0.25) is 0 Å². The molecule has 2 unspecified atom stereocenters. The number of rotatable bonds is 9. The second-order valence-electron chi connectivity index (χ2n) is 4.21. The number of nitrogens with zero attached hydrogens (tertiary/aromatic N) is 1. The molecule has 4 nitrogen and oxygen atoms in total. The van der Waals surface area contributed by atoms with Crippen LogP contribution < -0.4 is 5.32 Å². The van der Waals surface area contributed by atoms with Crippen LogP contribution in [0.5, 0.6) is 0 Å². The Morgan fingerprint density at radius 2 is 2.12 bits per heavy atom. The highest BCUT2D eigenvalue weighted by Crippen LogP contribution is 2.13. The van der Waals surface area contributed by atoms with E-state index in [1.807, 2.05) is 20.8 Å². The Kier molecular flexibility index (Phi) is 8.18. The summed E-state index contributed by atoms with van der Waals surface area (Å²) in [4.78, 5) is 0. The van der Waals surface area contributed by atoms with E-state index in [2.05, 4.69) is 11.4 Å². The smallest absolute Gasteiger partial charge is 0.106 e. The summed E-state index contributed by atoms with van der Waals surface area (Å²) in [5.74, 6) is 0. The largest absolute Gasteiger partial charge is 0.385 e. The van der Waals surface area contributed by atoms with E-state index in [-0.39, 0.29) is 6.10 Å². The van der Waals surface area contributed by atoms with Crippen LogP contribution in [-0.2, 0) is 9.47 Å². The number of methoxy groups -OCH3 is 1. The quantitative estimate of drug-likeness (QED) is 0.610. The van der Waals surface area contributed by atoms with Crippen molar-refractivity contribution in [3.05, 3.63) is 0 Å². The lowest BCUT2D eigenvalue weighted by molar-refractivity contribution is 0.0354. The van der Waals surface area contributed by atoms with Crippen molar-refractivity contribution in [2.24, 2.45) is 0 Å². The lowest BCUT2D eigenvalue weighted by Gasteiger charge is -2.26. The van der Waals surface area contributed by atoms with Gasteiger partial charge in [0.25, 0.3) is 0 Å². The van der Waals surface area contributed by atoms with E-state index in [4.69, 9.17) is 14.7 Å². The standard InChI is InChI=1S/C12H24N2O2/c1-5-14-12(3,10-13)9-11(2)16-8-6-7-15-4/h11,14H,5-9H2,1-4H3. The minimum Gasteiger partial charge on any atom is -0.385 e. The average molecular weight is 228 g/mol. The second-order valence-corrected chi connectivity index (χ2v) is 4.21. The van der Waals surface area contributed by atoms with Crippen LogP contribution in [0.25, 0.3) is 0 Å². The first-order valence-corrected chi connectivity index (χ1v) is 5.84. The Hall–Kier alpha value is -0.630. The van der Waals surface area contributed by atoms with Crippen molar-refractivity contribution in [2.75, 3.05) is 26.9 Å². The Labute approximate surface area is 98.9 Å². The maximum absolute atomic E-state index is 9.09. The van der Waals surface area contributed by atoms with Gasteiger partial charge in [-0.15, -0.1) is 0 Å². The van der Waals surface area contributed by atoms with E-state index in [0.29, 0.717) is 13.0 Å². The summed E-state index contributed by atoms with van der Waals surface area (Å²) in [6.45, 7) is 8.10. The van der Waals surface area contributed by atoms with Crippen molar-refractivity contribution >= 4 is 0 Å². The fraction of sp³-hybridized carbons (Fsp3) is 0.917. The molecule has 0 aliphatic heterocycles. The van der Waals surface area contributed by atoms with E-state index in [9.17, 15) is 0 Å². The molecular formula is C12H24N2O2. The maximum atomic E-state index is 9.09.